The zero-order valence-electron chi connectivity index (χ0n) is 5.89. The summed E-state index contributed by atoms with van der Waals surface area (Å²) in [6.45, 7) is 2.81. The molecule has 0 aromatic carbocycles. The van der Waals surface area contributed by atoms with E-state index in [9.17, 15) is 9.59 Å². The molecule has 0 aliphatic rings. The van der Waals surface area contributed by atoms with Gasteiger partial charge in [0.05, 0.1) is 0 Å². The molecular weight excluding hydrogens is 200 g/mol. The van der Waals surface area contributed by atoms with Gasteiger partial charge in [0.15, 0.2) is 11.9 Å². The minimum Gasteiger partial charge on any atom is -0.451 e. The molecule has 0 spiro atoms. The number of aldehydes is 1. The molecule has 0 N–H and O–H groups in total. The fraction of sp³-hybridized carbons (Fsp3) is 0.667. The van der Waals surface area contributed by atoms with Crippen molar-refractivity contribution in [3.8, 4) is 0 Å². The lowest BCUT2D eigenvalue weighted by Gasteiger charge is -2.19. The first-order valence-electron chi connectivity index (χ1n) is 2.76. The van der Waals surface area contributed by atoms with Gasteiger partial charge < -0.3 is 4.74 Å². The van der Waals surface area contributed by atoms with E-state index in [-0.39, 0.29) is 0 Å². The lowest BCUT2D eigenvalue weighted by Crippen LogP contribution is -2.34. The summed E-state index contributed by atoms with van der Waals surface area (Å²) in [7, 11) is 0. The van der Waals surface area contributed by atoms with Gasteiger partial charge in [0.25, 0.3) is 0 Å². The zero-order chi connectivity index (χ0) is 8.20. The van der Waals surface area contributed by atoms with Gasteiger partial charge >= 0.3 is 5.97 Å². The minimum atomic E-state index is -1.01. The van der Waals surface area contributed by atoms with Gasteiger partial charge in [-0.1, -0.05) is 15.9 Å². The first-order valence-corrected chi connectivity index (χ1v) is 3.88. The van der Waals surface area contributed by atoms with Gasteiger partial charge in [-0.15, -0.1) is 0 Å². The van der Waals surface area contributed by atoms with Gasteiger partial charge in [0.1, 0.15) is 0 Å². The van der Waals surface area contributed by atoms with Crippen LogP contribution in [0, 0.1) is 0 Å². The SMILES string of the molecule is CC(=O)OC(C)(C=O)CBr. The van der Waals surface area contributed by atoms with Crippen LogP contribution in [0.3, 0.4) is 0 Å². The molecule has 3 nitrogen and oxygen atoms in total. The molecule has 0 rings (SSSR count). The lowest BCUT2D eigenvalue weighted by molar-refractivity contribution is -0.156. The van der Waals surface area contributed by atoms with Crippen molar-refractivity contribution in [2.24, 2.45) is 0 Å². The predicted molar refractivity (Wildman–Crippen MR) is 40.0 cm³/mol. The third kappa shape index (κ3) is 2.96. The van der Waals surface area contributed by atoms with E-state index in [1.165, 1.54) is 13.8 Å². The van der Waals surface area contributed by atoms with E-state index in [0.717, 1.165) is 0 Å². The van der Waals surface area contributed by atoms with Crippen LogP contribution < -0.4 is 0 Å². The van der Waals surface area contributed by atoms with Crippen molar-refractivity contribution in [3.05, 3.63) is 0 Å². The van der Waals surface area contributed by atoms with E-state index in [4.69, 9.17) is 0 Å². The Morgan fingerprint density at radius 3 is 2.40 bits per heavy atom. The van der Waals surface area contributed by atoms with Crippen LogP contribution in [0.4, 0.5) is 0 Å². The molecule has 0 aromatic heterocycles. The standard InChI is InChI=1S/C6H9BrO3/c1-5(9)10-6(2,3-7)4-8/h4H,3H2,1-2H3. The normalized spacial score (nSPS) is 15.5. The van der Waals surface area contributed by atoms with Crippen molar-refractivity contribution in [2.75, 3.05) is 5.33 Å². The maximum absolute atomic E-state index is 10.4. The first kappa shape index (κ1) is 9.62. The Hall–Kier alpha value is -0.380. The monoisotopic (exact) mass is 208 g/mol. The fourth-order valence-corrected chi connectivity index (χ4v) is 0.658. The van der Waals surface area contributed by atoms with Gasteiger partial charge in [-0.2, -0.15) is 0 Å². The summed E-state index contributed by atoms with van der Waals surface area (Å²) < 4.78 is 4.68. The summed E-state index contributed by atoms with van der Waals surface area (Å²) >= 11 is 3.05. The maximum Gasteiger partial charge on any atom is 0.303 e. The number of halogens is 1. The summed E-state index contributed by atoms with van der Waals surface area (Å²) in [5, 5.41) is 0.322. The second-order valence-electron chi connectivity index (χ2n) is 2.16. The van der Waals surface area contributed by atoms with E-state index in [2.05, 4.69) is 20.7 Å². The van der Waals surface area contributed by atoms with Crippen LogP contribution in [0.2, 0.25) is 0 Å². The molecule has 1 atom stereocenters. The first-order chi connectivity index (χ1) is 4.54. The quantitative estimate of drug-likeness (QED) is 0.394. The van der Waals surface area contributed by atoms with Crippen LogP contribution in [0.15, 0.2) is 0 Å². The maximum atomic E-state index is 10.4. The van der Waals surface area contributed by atoms with Crippen LogP contribution >= 0.6 is 15.9 Å². The Kier molecular flexibility index (Phi) is 3.57. The summed E-state index contributed by atoms with van der Waals surface area (Å²) in [5.41, 5.74) is -1.01. The molecule has 0 saturated carbocycles. The topological polar surface area (TPSA) is 43.4 Å². The third-order valence-corrected chi connectivity index (χ3v) is 2.00. The lowest BCUT2D eigenvalue weighted by atomic mass is 10.2. The Bertz CT molecular complexity index is 146. The molecule has 0 aliphatic carbocycles. The molecule has 4 heteroatoms. The van der Waals surface area contributed by atoms with E-state index < -0.39 is 11.6 Å². The number of esters is 1. The molecule has 0 heterocycles. The fourth-order valence-electron chi connectivity index (χ4n) is 0.411. The number of carbonyl (C=O) groups is 2. The largest absolute Gasteiger partial charge is 0.451 e. The number of ether oxygens (including phenoxy) is 1. The van der Waals surface area contributed by atoms with E-state index in [0.29, 0.717) is 11.6 Å². The molecule has 0 aliphatic heterocycles. The molecule has 0 aromatic rings. The van der Waals surface area contributed by atoms with Crippen molar-refractivity contribution in [1.82, 2.24) is 0 Å². The van der Waals surface area contributed by atoms with Crippen LogP contribution in [0.25, 0.3) is 0 Å². The number of hydrogen-bond acceptors (Lipinski definition) is 3. The summed E-state index contributed by atoms with van der Waals surface area (Å²) in [4.78, 5) is 20.7. The molecule has 0 saturated heterocycles. The van der Waals surface area contributed by atoms with Crippen molar-refractivity contribution >= 4 is 28.2 Å². The third-order valence-electron chi connectivity index (χ3n) is 0.892. The number of hydrogen-bond donors (Lipinski definition) is 0. The molecule has 0 radical (unpaired) electrons. The Labute approximate surface area is 67.9 Å². The molecule has 0 bridgehead atoms. The van der Waals surface area contributed by atoms with Crippen LogP contribution in [0.5, 0.6) is 0 Å². The molecule has 10 heavy (non-hydrogen) atoms. The molecule has 0 amide bonds. The minimum absolute atomic E-state index is 0.322. The summed E-state index contributed by atoms with van der Waals surface area (Å²) in [5.74, 6) is -0.450. The Morgan fingerprint density at radius 2 is 2.30 bits per heavy atom. The smallest absolute Gasteiger partial charge is 0.303 e. The average Bonchev–Trinajstić information content (AvgIpc) is 1.87. The average molecular weight is 209 g/mol. The van der Waals surface area contributed by atoms with Crippen molar-refractivity contribution in [1.29, 1.82) is 0 Å². The van der Waals surface area contributed by atoms with Crippen LogP contribution in [-0.4, -0.2) is 23.2 Å². The predicted octanol–water partition coefficient (Wildman–Crippen LogP) is 0.902. The molecule has 58 valence electrons. The highest BCUT2D eigenvalue weighted by Gasteiger charge is 2.24. The number of alkyl halides is 1. The molecule has 1 unspecified atom stereocenters. The number of rotatable bonds is 3. The number of carbonyl (C=O) groups excluding carboxylic acids is 2. The van der Waals surface area contributed by atoms with Crippen LogP contribution in [0.1, 0.15) is 13.8 Å². The molecule has 0 fully saturated rings. The zero-order valence-corrected chi connectivity index (χ0v) is 7.47. The van der Waals surface area contributed by atoms with Gasteiger partial charge in [0, 0.05) is 12.3 Å². The highest BCUT2D eigenvalue weighted by molar-refractivity contribution is 9.09. The highest BCUT2D eigenvalue weighted by Crippen LogP contribution is 2.10. The summed E-state index contributed by atoms with van der Waals surface area (Å²) in [6.07, 6.45) is 0.600. The van der Waals surface area contributed by atoms with Gasteiger partial charge in [-0.05, 0) is 6.92 Å². The van der Waals surface area contributed by atoms with Gasteiger partial charge in [-0.25, -0.2) is 0 Å². The van der Waals surface area contributed by atoms with Crippen molar-refractivity contribution in [3.63, 3.8) is 0 Å². The molecular formula is C6H9BrO3. The van der Waals surface area contributed by atoms with E-state index in [1.54, 1.807) is 0 Å². The summed E-state index contributed by atoms with van der Waals surface area (Å²) in [6, 6.07) is 0. The second kappa shape index (κ2) is 3.71. The van der Waals surface area contributed by atoms with E-state index in [1.807, 2.05) is 0 Å². The highest BCUT2D eigenvalue weighted by atomic mass is 79.9. The van der Waals surface area contributed by atoms with Gasteiger partial charge in [-0.3, -0.25) is 9.59 Å². The Morgan fingerprint density at radius 1 is 1.80 bits per heavy atom. The van der Waals surface area contributed by atoms with Crippen molar-refractivity contribution < 1.29 is 14.3 Å². The Balaban J connectivity index is 4.05. The van der Waals surface area contributed by atoms with Gasteiger partial charge in [0.2, 0.25) is 0 Å². The van der Waals surface area contributed by atoms with E-state index >= 15 is 0 Å². The van der Waals surface area contributed by atoms with Crippen LogP contribution in [-0.2, 0) is 14.3 Å². The van der Waals surface area contributed by atoms with Crippen molar-refractivity contribution in [2.45, 2.75) is 19.4 Å². The second-order valence-corrected chi connectivity index (χ2v) is 2.72.